The van der Waals surface area contributed by atoms with Crippen LogP contribution in [0.25, 0.3) is 0 Å². The molecule has 1 aromatic rings. The molecular weight excluding hydrogens is 162 g/mol. The van der Waals surface area contributed by atoms with Gasteiger partial charge in [0.2, 0.25) is 0 Å². The fraction of sp³-hybridized carbons (Fsp3) is 0.500. The average Bonchev–Trinajstić information content (AvgIpc) is 2.40. The molecule has 0 saturated heterocycles. The molecule has 13 heavy (non-hydrogen) atoms. The first kappa shape index (κ1) is 9.66. The highest BCUT2D eigenvalue weighted by molar-refractivity contribution is 5.49. The second kappa shape index (κ2) is 3.99. The van der Waals surface area contributed by atoms with E-state index in [1.54, 1.807) is 6.07 Å². The second-order valence-corrected chi connectivity index (χ2v) is 3.19. The summed E-state index contributed by atoms with van der Waals surface area (Å²) in [6.45, 7) is 4.97. The summed E-state index contributed by atoms with van der Waals surface area (Å²) in [6.07, 6.45) is 2.21. The van der Waals surface area contributed by atoms with Crippen LogP contribution in [0.15, 0.2) is 6.07 Å². The SMILES string of the molecule is CCCCn1c(C#N)cc(N)c1C. The average molecular weight is 177 g/mol. The van der Waals surface area contributed by atoms with Crippen molar-refractivity contribution >= 4 is 5.69 Å². The van der Waals surface area contributed by atoms with Crippen LogP contribution in [0, 0.1) is 18.3 Å². The van der Waals surface area contributed by atoms with E-state index in [1.807, 2.05) is 11.5 Å². The Bertz CT molecular complexity index is 331. The van der Waals surface area contributed by atoms with Gasteiger partial charge < -0.3 is 10.3 Å². The highest BCUT2D eigenvalue weighted by Crippen LogP contribution is 2.17. The molecule has 1 heterocycles. The molecule has 0 atom stereocenters. The van der Waals surface area contributed by atoms with Crippen molar-refractivity contribution < 1.29 is 0 Å². The lowest BCUT2D eigenvalue weighted by atomic mass is 10.3. The van der Waals surface area contributed by atoms with Gasteiger partial charge in [-0.15, -0.1) is 0 Å². The van der Waals surface area contributed by atoms with Gasteiger partial charge in [0.25, 0.3) is 0 Å². The molecule has 1 aromatic heterocycles. The second-order valence-electron chi connectivity index (χ2n) is 3.19. The summed E-state index contributed by atoms with van der Waals surface area (Å²) in [6, 6.07) is 3.89. The highest BCUT2D eigenvalue weighted by atomic mass is 15.0. The smallest absolute Gasteiger partial charge is 0.122 e. The lowest BCUT2D eigenvalue weighted by Crippen LogP contribution is -2.03. The summed E-state index contributed by atoms with van der Waals surface area (Å²) in [7, 11) is 0. The molecule has 1 rings (SSSR count). The van der Waals surface area contributed by atoms with Gasteiger partial charge in [-0.3, -0.25) is 0 Å². The number of hydrogen-bond donors (Lipinski definition) is 1. The van der Waals surface area contributed by atoms with Gasteiger partial charge in [0, 0.05) is 12.2 Å². The van der Waals surface area contributed by atoms with E-state index in [1.165, 1.54) is 0 Å². The third-order valence-corrected chi connectivity index (χ3v) is 2.26. The molecule has 3 heteroatoms. The number of rotatable bonds is 3. The quantitative estimate of drug-likeness (QED) is 0.768. The highest BCUT2D eigenvalue weighted by Gasteiger charge is 2.07. The van der Waals surface area contributed by atoms with E-state index in [0.29, 0.717) is 11.4 Å². The Labute approximate surface area is 78.8 Å². The van der Waals surface area contributed by atoms with Crippen molar-refractivity contribution in [3.8, 4) is 6.07 Å². The minimum absolute atomic E-state index is 0.670. The minimum atomic E-state index is 0.670. The zero-order valence-corrected chi connectivity index (χ0v) is 8.17. The van der Waals surface area contributed by atoms with Crippen LogP contribution >= 0.6 is 0 Å². The maximum absolute atomic E-state index is 8.83. The van der Waals surface area contributed by atoms with Gasteiger partial charge in [-0.1, -0.05) is 13.3 Å². The van der Waals surface area contributed by atoms with Crippen LogP contribution in [0.3, 0.4) is 0 Å². The van der Waals surface area contributed by atoms with E-state index in [0.717, 1.165) is 25.1 Å². The third-order valence-electron chi connectivity index (χ3n) is 2.26. The Morgan fingerprint density at radius 1 is 1.62 bits per heavy atom. The van der Waals surface area contributed by atoms with E-state index in [2.05, 4.69) is 13.0 Å². The number of hydrogen-bond acceptors (Lipinski definition) is 2. The van der Waals surface area contributed by atoms with Gasteiger partial charge in [0.05, 0.1) is 5.69 Å². The molecular formula is C10H15N3. The molecule has 70 valence electrons. The van der Waals surface area contributed by atoms with E-state index in [4.69, 9.17) is 11.0 Å². The molecule has 0 bridgehead atoms. The van der Waals surface area contributed by atoms with Crippen LogP contribution in [0.1, 0.15) is 31.2 Å². The molecule has 0 amide bonds. The van der Waals surface area contributed by atoms with Crippen molar-refractivity contribution in [2.24, 2.45) is 0 Å². The molecule has 0 aliphatic rings. The third kappa shape index (κ3) is 1.83. The summed E-state index contributed by atoms with van der Waals surface area (Å²) in [5, 5.41) is 8.83. The normalized spacial score (nSPS) is 9.92. The van der Waals surface area contributed by atoms with Gasteiger partial charge in [0.1, 0.15) is 11.8 Å². The van der Waals surface area contributed by atoms with Gasteiger partial charge >= 0.3 is 0 Å². The number of nitriles is 1. The van der Waals surface area contributed by atoms with Crippen LogP contribution in [0.5, 0.6) is 0 Å². The van der Waals surface area contributed by atoms with Crippen molar-refractivity contribution in [3.05, 3.63) is 17.5 Å². The van der Waals surface area contributed by atoms with Gasteiger partial charge in [-0.05, 0) is 19.4 Å². The van der Waals surface area contributed by atoms with Crippen LogP contribution in [0.4, 0.5) is 5.69 Å². The molecule has 0 aliphatic heterocycles. The topological polar surface area (TPSA) is 54.7 Å². The lowest BCUT2D eigenvalue weighted by Gasteiger charge is -2.06. The maximum Gasteiger partial charge on any atom is 0.122 e. The number of aromatic nitrogens is 1. The Hall–Kier alpha value is -1.43. The molecule has 0 aliphatic carbocycles. The Balaban J connectivity index is 2.96. The summed E-state index contributed by atoms with van der Waals surface area (Å²) in [4.78, 5) is 0. The van der Waals surface area contributed by atoms with Crippen LogP contribution in [0.2, 0.25) is 0 Å². The standard InChI is InChI=1S/C10H15N3/c1-3-4-5-13-8(2)10(12)6-9(13)7-11/h6H,3-5,12H2,1-2H3. The minimum Gasteiger partial charge on any atom is -0.397 e. The van der Waals surface area contributed by atoms with Gasteiger partial charge in [-0.25, -0.2) is 0 Å². The zero-order chi connectivity index (χ0) is 9.84. The molecule has 0 spiro atoms. The predicted molar refractivity (Wildman–Crippen MR) is 53.2 cm³/mol. The Morgan fingerprint density at radius 3 is 2.85 bits per heavy atom. The number of nitrogens with two attached hydrogens (primary N) is 1. The van der Waals surface area contributed by atoms with Crippen LogP contribution in [-0.2, 0) is 6.54 Å². The maximum atomic E-state index is 8.83. The summed E-state index contributed by atoms with van der Waals surface area (Å²) < 4.78 is 1.98. The fourth-order valence-electron chi connectivity index (χ4n) is 1.36. The predicted octanol–water partition coefficient (Wildman–Crippen LogP) is 2.05. The van der Waals surface area contributed by atoms with Crippen molar-refractivity contribution in [2.45, 2.75) is 33.2 Å². The number of anilines is 1. The van der Waals surface area contributed by atoms with Crippen LogP contribution in [-0.4, -0.2) is 4.57 Å². The first-order chi connectivity index (χ1) is 6.20. The molecule has 2 N–H and O–H groups in total. The summed E-state index contributed by atoms with van der Waals surface area (Å²) in [5.41, 5.74) is 8.11. The molecule has 0 radical (unpaired) electrons. The number of nitrogen functional groups attached to an aromatic ring is 1. The fourth-order valence-corrected chi connectivity index (χ4v) is 1.36. The number of unbranched alkanes of at least 4 members (excludes halogenated alkanes) is 1. The molecule has 0 saturated carbocycles. The van der Waals surface area contributed by atoms with Gasteiger partial charge in [-0.2, -0.15) is 5.26 Å². The largest absolute Gasteiger partial charge is 0.397 e. The molecule has 0 fully saturated rings. The first-order valence-corrected chi connectivity index (χ1v) is 4.56. The van der Waals surface area contributed by atoms with Crippen molar-refractivity contribution in [3.63, 3.8) is 0 Å². The van der Waals surface area contributed by atoms with Gasteiger partial charge in [0.15, 0.2) is 0 Å². The van der Waals surface area contributed by atoms with E-state index < -0.39 is 0 Å². The molecule has 0 unspecified atom stereocenters. The van der Waals surface area contributed by atoms with Crippen molar-refractivity contribution in [2.75, 3.05) is 5.73 Å². The Kier molecular flexibility index (Phi) is 2.97. The van der Waals surface area contributed by atoms with E-state index >= 15 is 0 Å². The van der Waals surface area contributed by atoms with Crippen molar-refractivity contribution in [1.29, 1.82) is 5.26 Å². The Morgan fingerprint density at radius 2 is 2.31 bits per heavy atom. The zero-order valence-electron chi connectivity index (χ0n) is 8.17. The first-order valence-electron chi connectivity index (χ1n) is 4.56. The van der Waals surface area contributed by atoms with Crippen LogP contribution < -0.4 is 5.73 Å². The monoisotopic (exact) mass is 177 g/mol. The molecule has 0 aromatic carbocycles. The summed E-state index contributed by atoms with van der Waals surface area (Å²) >= 11 is 0. The van der Waals surface area contributed by atoms with E-state index in [9.17, 15) is 0 Å². The lowest BCUT2D eigenvalue weighted by molar-refractivity contribution is 0.617. The van der Waals surface area contributed by atoms with E-state index in [-0.39, 0.29) is 0 Å². The number of nitrogens with zero attached hydrogens (tertiary/aromatic N) is 2. The van der Waals surface area contributed by atoms with Crippen molar-refractivity contribution in [1.82, 2.24) is 4.57 Å². The molecule has 3 nitrogen and oxygen atoms in total. The summed E-state index contributed by atoms with van der Waals surface area (Å²) in [5.74, 6) is 0.